The first-order chi connectivity index (χ1) is 14.2. The molecule has 4 rings (SSSR count). The predicted octanol–water partition coefficient (Wildman–Crippen LogP) is 3.28. The third-order valence-corrected chi connectivity index (χ3v) is 5.83. The Morgan fingerprint density at radius 1 is 0.933 bits per heavy atom. The lowest BCUT2D eigenvalue weighted by atomic mass is 10.1. The van der Waals surface area contributed by atoms with Gasteiger partial charge >= 0.3 is 0 Å². The first kappa shape index (κ1) is 19.7. The van der Waals surface area contributed by atoms with Crippen LogP contribution in [0.25, 0.3) is 0 Å². The second kappa shape index (κ2) is 7.34. The number of sulfonamides is 1. The number of fused-ring (bicyclic) bond motifs is 1. The number of benzene rings is 2. The van der Waals surface area contributed by atoms with Crippen molar-refractivity contribution in [3.8, 4) is 0 Å². The van der Waals surface area contributed by atoms with Crippen LogP contribution in [-0.4, -0.2) is 30.0 Å². The molecule has 2 heterocycles. The van der Waals surface area contributed by atoms with Crippen LogP contribution in [0.4, 0.5) is 17.3 Å². The number of aliphatic imine (C=N–C) groups is 1. The van der Waals surface area contributed by atoms with Gasteiger partial charge in [-0.25, -0.2) is 28.1 Å². The minimum Gasteiger partial charge on any atom is -0.320 e. The number of amides is 1. The summed E-state index contributed by atoms with van der Waals surface area (Å²) < 4.78 is 27.7. The maximum Gasteiger partial charge on any atom is 0.275 e. The lowest BCUT2D eigenvalue weighted by molar-refractivity contribution is -0.110. The third-order valence-electron chi connectivity index (χ3n) is 4.49. The zero-order valence-corrected chi connectivity index (χ0v) is 17.4. The number of carbonyl (C=O) groups is 1. The molecule has 0 atom stereocenters. The van der Waals surface area contributed by atoms with Crippen molar-refractivity contribution in [2.45, 2.75) is 25.7 Å². The lowest BCUT2D eigenvalue weighted by Crippen LogP contribution is -2.15. The van der Waals surface area contributed by atoms with E-state index in [9.17, 15) is 13.2 Å². The maximum absolute atomic E-state index is 12.6. The number of aryl methyl sites for hydroxylation is 3. The first-order valence-electron chi connectivity index (χ1n) is 9.17. The molecule has 0 saturated heterocycles. The Kier molecular flexibility index (Phi) is 4.83. The summed E-state index contributed by atoms with van der Waals surface area (Å²) in [6.07, 6.45) is 0. The molecule has 3 aromatic rings. The summed E-state index contributed by atoms with van der Waals surface area (Å²) in [5, 5.41) is 2.78. The SMILES string of the molecule is Cc1ccc2c(c1)C(=Nc1ccc(S(=O)(=O)Nc3nc(C)cc(C)n3)cc1)C(=O)N2. The van der Waals surface area contributed by atoms with Gasteiger partial charge in [0.2, 0.25) is 5.95 Å². The minimum absolute atomic E-state index is 0.0198. The van der Waals surface area contributed by atoms with Crippen molar-refractivity contribution >= 4 is 39.0 Å². The van der Waals surface area contributed by atoms with E-state index in [0.29, 0.717) is 28.5 Å². The van der Waals surface area contributed by atoms with Gasteiger partial charge in [-0.2, -0.15) is 0 Å². The fourth-order valence-electron chi connectivity index (χ4n) is 3.16. The summed E-state index contributed by atoms with van der Waals surface area (Å²) in [5.74, 6) is -0.271. The van der Waals surface area contributed by atoms with Gasteiger partial charge in [-0.1, -0.05) is 11.6 Å². The Labute approximate surface area is 174 Å². The van der Waals surface area contributed by atoms with Crippen molar-refractivity contribution in [3.05, 3.63) is 71.0 Å². The van der Waals surface area contributed by atoms with Gasteiger partial charge in [0.1, 0.15) is 5.71 Å². The number of aromatic nitrogens is 2. The average Bonchev–Trinajstić information content (AvgIpc) is 2.96. The smallest absolute Gasteiger partial charge is 0.275 e. The molecule has 152 valence electrons. The van der Waals surface area contributed by atoms with E-state index in [1.54, 1.807) is 32.0 Å². The molecule has 8 nitrogen and oxygen atoms in total. The molecule has 0 bridgehead atoms. The Hall–Kier alpha value is -3.59. The molecule has 2 aromatic carbocycles. The Balaban J connectivity index is 1.61. The molecule has 2 N–H and O–H groups in total. The molecule has 1 aliphatic heterocycles. The fourth-order valence-corrected chi connectivity index (χ4v) is 4.10. The van der Waals surface area contributed by atoms with Gasteiger partial charge in [0, 0.05) is 17.0 Å². The number of hydrogen-bond donors (Lipinski definition) is 2. The maximum atomic E-state index is 12.6. The number of hydrogen-bond acceptors (Lipinski definition) is 6. The van der Waals surface area contributed by atoms with E-state index in [1.807, 2.05) is 25.1 Å². The fraction of sp³-hybridized carbons (Fsp3) is 0.143. The van der Waals surface area contributed by atoms with E-state index < -0.39 is 10.0 Å². The van der Waals surface area contributed by atoms with Crippen molar-refractivity contribution in [2.75, 3.05) is 10.0 Å². The summed E-state index contributed by atoms with van der Waals surface area (Å²) in [6, 6.07) is 13.3. The molecule has 0 spiro atoms. The topological polar surface area (TPSA) is 113 Å². The molecule has 1 aliphatic rings. The number of rotatable bonds is 4. The minimum atomic E-state index is -3.86. The Morgan fingerprint density at radius 2 is 1.60 bits per heavy atom. The van der Waals surface area contributed by atoms with Crippen LogP contribution < -0.4 is 10.0 Å². The van der Waals surface area contributed by atoms with Crippen molar-refractivity contribution in [3.63, 3.8) is 0 Å². The molecule has 1 amide bonds. The van der Waals surface area contributed by atoms with E-state index in [-0.39, 0.29) is 16.8 Å². The van der Waals surface area contributed by atoms with Crippen molar-refractivity contribution in [1.29, 1.82) is 0 Å². The predicted molar refractivity (Wildman–Crippen MR) is 115 cm³/mol. The van der Waals surface area contributed by atoms with E-state index in [0.717, 1.165) is 11.1 Å². The highest BCUT2D eigenvalue weighted by molar-refractivity contribution is 7.92. The van der Waals surface area contributed by atoms with E-state index in [2.05, 4.69) is 25.0 Å². The summed E-state index contributed by atoms with van der Waals surface area (Å²) in [4.78, 5) is 24.9. The summed E-state index contributed by atoms with van der Waals surface area (Å²) in [5.41, 5.74) is 4.54. The monoisotopic (exact) mass is 421 g/mol. The van der Waals surface area contributed by atoms with Crippen molar-refractivity contribution in [1.82, 2.24) is 9.97 Å². The lowest BCUT2D eigenvalue weighted by Gasteiger charge is -2.08. The molecule has 9 heteroatoms. The molecule has 30 heavy (non-hydrogen) atoms. The largest absolute Gasteiger partial charge is 0.320 e. The number of carbonyl (C=O) groups excluding carboxylic acids is 1. The quantitative estimate of drug-likeness (QED) is 0.671. The average molecular weight is 421 g/mol. The highest BCUT2D eigenvalue weighted by Crippen LogP contribution is 2.27. The van der Waals surface area contributed by atoms with E-state index in [4.69, 9.17) is 0 Å². The molecular weight excluding hydrogens is 402 g/mol. The number of nitrogens with zero attached hydrogens (tertiary/aromatic N) is 3. The molecule has 0 saturated carbocycles. The molecule has 1 aromatic heterocycles. The van der Waals surface area contributed by atoms with Crippen LogP contribution in [-0.2, 0) is 14.8 Å². The molecule has 0 unspecified atom stereocenters. The highest BCUT2D eigenvalue weighted by atomic mass is 32.2. The molecule has 0 fully saturated rings. The Morgan fingerprint density at radius 3 is 2.27 bits per heavy atom. The van der Waals surface area contributed by atoms with E-state index in [1.165, 1.54) is 12.1 Å². The van der Waals surface area contributed by atoms with Gasteiger partial charge in [-0.05, 0) is 63.2 Å². The van der Waals surface area contributed by atoms with Crippen LogP contribution in [0.2, 0.25) is 0 Å². The van der Waals surface area contributed by atoms with Crippen LogP contribution >= 0.6 is 0 Å². The van der Waals surface area contributed by atoms with Gasteiger partial charge in [0.25, 0.3) is 15.9 Å². The molecule has 0 radical (unpaired) electrons. The second-order valence-electron chi connectivity index (χ2n) is 7.04. The highest BCUT2D eigenvalue weighted by Gasteiger charge is 2.26. The zero-order chi connectivity index (χ0) is 21.5. The molecule has 0 aliphatic carbocycles. The van der Waals surface area contributed by atoms with Gasteiger partial charge < -0.3 is 5.32 Å². The van der Waals surface area contributed by atoms with Crippen molar-refractivity contribution in [2.24, 2.45) is 4.99 Å². The van der Waals surface area contributed by atoms with Crippen LogP contribution in [0.15, 0.2) is 58.4 Å². The van der Waals surface area contributed by atoms with Crippen LogP contribution in [0.1, 0.15) is 22.5 Å². The standard InChI is InChI=1S/C21H19N5O3S/c1-12-4-9-18-17(10-12)19(20(27)25-18)24-15-5-7-16(8-6-15)30(28,29)26-21-22-13(2)11-14(3)23-21/h4-11H,1-3H3,(H,22,23,26)(H,24,25,27). The molecular formula is C21H19N5O3S. The van der Waals surface area contributed by atoms with Crippen LogP contribution in [0, 0.1) is 20.8 Å². The van der Waals surface area contributed by atoms with Crippen LogP contribution in [0.5, 0.6) is 0 Å². The van der Waals surface area contributed by atoms with Gasteiger partial charge in [0.15, 0.2) is 0 Å². The summed E-state index contributed by atoms with van der Waals surface area (Å²) in [6.45, 7) is 5.46. The van der Waals surface area contributed by atoms with E-state index >= 15 is 0 Å². The summed E-state index contributed by atoms with van der Waals surface area (Å²) in [7, 11) is -3.86. The van der Waals surface area contributed by atoms with Crippen molar-refractivity contribution < 1.29 is 13.2 Å². The summed E-state index contributed by atoms with van der Waals surface area (Å²) >= 11 is 0. The third kappa shape index (κ3) is 3.92. The number of anilines is 2. The van der Waals surface area contributed by atoms with Gasteiger partial charge in [-0.3, -0.25) is 4.79 Å². The normalized spacial score (nSPS) is 14.5. The Bertz CT molecular complexity index is 1280. The first-order valence-corrected chi connectivity index (χ1v) is 10.7. The van der Waals surface area contributed by atoms with Crippen LogP contribution in [0.3, 0.4) is 0 Å². The van der Waals surface area contributed by atoms with Gasteiger partial charge in [-0.15, -0.1) is 0 Å². The second-order valence-corrected chi connectivity index (χ2v) is 8.72. The van der Waals surface area contributed by atoms with Gasteiger partial charge in [0.05, 0.1) is 16.3 Å². The zero-order valence-electron chi connectivity index (χ0n) is 16.6. The number of nitrogens with one attached hydrogen (secondary N) is 2.